The second-order valence-corrected chi connectivity index (χ2v) is 7.27. The first-order valence-electron chi connectivity index (χ1n) is 9.41. The number of H-pyrrole nitrogens is 1. The SMILES string of the molecule is CCc1[nH]c(=O)c(-c2ccccc2)c(CC)[n+]1-c1ccc(C(=O)O)c(O)c1.[O-][Cl+3]([O-])([O-])[O-]. The molecule has 1 aromatic heterocycles. The number of carboxylic acids is 1. The highest BCUT2D eigenvalue weighted by Crippen LogP contribution is 2.22. The molecule has 10 nitrogen and oxygen atoms in total. The van der Waals surface area contributed by atoms with Crippen molar-refractivity contribution in [3.05, 3.63) is 76.0 Å². The number of phenols is 1. The molecule has 0 aliphatic heterocycles. The molecule has 3 aromatic rings. The number of aryl methyl sites for hydroxylation is 1. The van der Waals surface area contributed by atoms with E-state index in [1.54, 1.807) is 6.07 Å². The molecule has 1 heterocycles. The maximum Gasteiger partial charge on any atom is 0.343 e. The summed E-state index contributed by atoms with van der Waals surface area (Å²) in [6.07, 6.45) is 1.15. The Morgan fingerprint density at radius 2 is 1.62 bits per heavy atom. The summed E-state index contributed by atoms with van der Waals surface area (Å²) < 4.78 is 35.9. The number of carbonyl (C=O) groups is 1. The number of hydrogen-bond donors (Lipinski definition) is 3. The van der Waals surface area contributed by atoms with E-state index in [0.717, 1.165) is 11.3 Å². The molecular formula is C21H21ClN2O8. The van der Waals surface area contributed by atoms with Gasteiger partial charge in [0.2, 0.25) is 0 Å². The van der Waals surface area contributed by atoms with E-state index < -0.39 is 16.2 Å². The number of nitrogens with zero attached hydrogens (tertiary/aromatic N) is 1. The van der Waals surface area contributed by atoms with Crippen molar-refractivity contribution in [2.45, 2.75) is 26.7 Å². The molecule has 0 aliphatic rings. The molecular weight excluding hydrogens is 444 g/mol. The van der Waals surface area contributed by atoms with E-state index in [1.807, 2.05) is 48.7 Å². The van der Waals surface area contributed by atoms with Crippen LogP contribution in [0.4, 0.5) is 0 Å². The fraction of sp³-hybridized carbons (Fsp3) is 0.190. The molecule has 0 aliphatic carbocycles. The number of halogens is 1. The molecule has 0 spiro atoms. The Morgan fingerprint density at radius 3 is 2.09 bits per heavy atom. The molecule has 0 bridgehead atoms. The monoisotopic (exact) mass is 464 g/mol. The molecule has 3 rings (SSSR count). The molecule has 0 radical (unpaired) electrons. The van der Waals surface area contributed by atoms with Crippen molar-refractivity contribution in [3.63, 3.8) is 0 Å². The smallest absolute Gasteiger partial charge is 0.343 e. The van der Waals surface area contributed by atoms with Gasteiger partial charge in [0, 0.05) is 18.9 Å². The zero-order valence-corrected chi connectivity index (χ0v) is 18.0. The van der Waals surface area contributed by atoms with Crippen LogP contribution in [0.3, 0.4) is 0 Å². The molecule has 0 fully saturated rings. The number of nitrogens with one attached hydrogen (secondary N) is 1. The fourth-order valence-corrected chi connectivity index (χ4v) is 3.29. The molecule has 3 N–H and O–H groups in total. The summed E-state index contributed by atoms with van der Waals surface area (Å²) in [4.78, 5) is 26.9. The van der Waals surface area contributed by atoms with Crippen LogP contribution in [-0.4, -0.2) is 21.2 Å². The summed E-state index contributed by atoms with van der Waals surface area (Å²) in [6, 6.07) is 13.8. The second kappa shape index (κ2) is 10.4. The van der Waals surface area contributed by atoms with Gasteiger partial charge in [0.15, 0.2) is 0 Å². The van der Waals surface area contributed by atoms with Gasteiger partial charge in [-0.05, 0) is 17.7 Å². The first-order valence-corrected chi connectivity index (χ1v) is 10.6. The molecule has 0 atom stereocenters. The Bertz CT molecular complexity index is 1150. The fourth-order valence-electron chi connectivity index (χ4n) is 3.29. The largest absolute Gasteiger partial charge is 0.507 e. The second-order valence-electron chi connectivity index (χ2n) is 6.52. The van der Waals surface area contributed by atoms with Crippen LogP contribution >= 0.6 is 0 Å². The number of carboxylic acid groups (broad SMARTS) is 1. The number of aromatic amines is 1. The van der Waals surface area contributed by atoms with Crippen LogP contribution in [0.25, 0.3) is 16.8 Å². The summed E-state index contributed by atoms with van der Waals surface area (Å²) in [5, 5.41) is 19.3. The Labute approximate surface area is 185 Å². The maximum atomic E-state index is 12.8. The lowest BCUT2D eigenvalue weighted by Gasteiger charge is -2.17. The average molecular weight is 465 g/mol. The number of aromatic hydroxyl groups is 1. The Morgan fingerprint density at radius 1 is 1.03 bits per heavy atom. The summed E-state index contributed by atoms with van der Waals surface area (Å²) in [5.74, 6) is -0.829. The highest BCUT2D eigenvalue weighted by atomic mass is 35.7. The van der Waals surface area contributed by atoms with Crippen LogP contribution < -0.4 is 28.8 Å². The minimum absolute atomic E-state index is 0.164. The van der Waals surface area contributed by atoms with Crippen molar-refractivity contribution >= 4 is 5.97 Å². The van der Waals surface area contributed by atoms with E-state index in [2.05, 4.69) is 4.98 Å². The summed E-state index contributed by atoms with van der Waals surface area (Å²) in [5.41, 5.74) is 2.43. The van der Waals surface area contributed by atoms with Crippen LogP contribution in [0, 0.1) is 10.2 Å². The van der Waals surface area contributed by atoms with Crippen molar-refractivity contribution in [1.29, 1.82) is 0 Å². The molecule has 32 heavy (non-hydrogen) atoms. The molecule has 0 amide bonds. The van der Waals surface area contributed by atoms with E-state index in [0.29, 0.717) is 29.9 Å². The van der Waals surface area contributed by atoms with E-state index >= 15 is 0 Å². The van der Waals surface area contributed by atoms with Crippen molar-refractivity contribution in [1.82, 2.24) is 4.98 Å². The molecule has 0 unspecified atom stereocenters. The summed E-state index contributed by atoms with van der Waals surface area (Å²) in [6.45, 7) is 3.89. The number of aromatic carboxylic acids is 1. The van der Waals surface area contributed by atoms with Crippen LogP contribution in [0.5, 0.6) is 5.75 Å². The highest BCUT2D eigenvalue weighted by molar-refractivity contribution is 5.90. The van der Waals surface area contributed by atoms with Gasteiger partial charge in [-0.15, -0.1) is 10.2 Å². The average Bonchev–Trinajstić information content (AvgIpc) is 2.71. The third-order valence-electron chi connectivity index (χ3n) is 4.52. The number of aromatic nitrogens is 2. The summed E-state index contributed by atoms with van der Waals surface area (Å²) >= 11 is 0. The standard InChI is InChI=1S/C21H20N2O4.ClHO4/c1-3-16-19(13-8-6-5-7-9-13)20(25)22-18(4-2)23(16)14-10-11-15(21(26)27)17(24)12-14;2-1(3,4)5/h5-12H,3-4H2,1-2H3,(H2,24,26,27);(H,2,3,4,5). The van der Waals surface area contributed by atoms with Gasteiger partial charge in [0.1, 0.15) is 28.3 Å². The van der Waals surface area contributed by atoms with Crippen molar-refractivity contribution in [3.8, 4) is 22.6 Å². The lowest BCUT2D eigenvalue weighted by Crippen LogP contribution is -2.68. The first kappa shape index (κ1) is 25.0. The molecule has 2 aromatic carbocycles. The quantitative estimate of drug-likeness (QED) is 0.365. The van der Waals surface area contributed by atoms with E-state index in [4.69, 9.17) is 23.7 Å². The minimum Gasteiger partial charge on any atom is -0.507 e. The number of rotatable bonds is 5. The van der Waals surface area contributed by atoms with Gasteiger partial charge in [0.05, 0.1) is 0 Å². The van der Waals surface area contributed by atoms with Gasteiger partial charge in [-0.2, -0.15) is 4.57 Å². The molecule has 0 saturated carbocycles. The van der Waals surface area contributed by atoms with E-state index in [1.165, 1.54) is 12.1 Å². The molecule has 11 heteroatoms. The minimum atomic E-state index is -4.94. The first-order chi connectivity index (χ1) is 15.0. The summed E-state index contributed by atoms with van der Waals surface area (Å²) in [7, 11) is -4.94. The van der Waals surface area contributed by atoms with Crippen LogP contribution in [-0.2, 0) is 12.8 Å². The van der Waals surface area contributed by atoms with Gasteiger partial charge in [0.25, 0.3) is 5.82 Å². The van der Waals surface area contributed by atoms with Gasteiger partial charge < -0.3 is 10.2 Å². The Hall–Kier alpha value is -3.28. The van der Waals surface area contributed by atoms with Gasteiger partial charge >= 0.3 is 11.5 Å². The number of hydrogen-bond acceptors (Lipinski definition) is 7. The van der Waals surface area contributed by atoms with Gasteiger partial charge in [-0.3, -0.25) is 0 Å². The lowest BCUT2D eigenvalue weighted by molar-refractivity contribution is -2.00. The lowest BCUT2D eigenvalue weighted by atomic mass is 10.0. The van der Waals surface area contributed by atoms with Crippen molar-refractivity contribution < 1.29 is 48.5 Å². The van der Waals surface area contributed by atoms with E-state index in [9.17, 15) is 14.7 Å². The van der Waals surface area contributed by atoms with Crippen LogP contribution in [0.1, 0.15) is 35.7 Å². The molecule has 0 saturated heterocycles. The maximum absolute atomic E-state index is 12.8. The van der Waals surface area contributed by atoms with Crippen LogP contribution in [0.15, 0.2) is 53.3 Å². The highest BCUT2D eigenvalue weighted by Gasteiger charge is 2.25. The van der Waals surface area contributed by atoms with Gasteiger partial charge in [-0.1, -0.05) is 44.2 Å². The molecule has 170 valence electrons. The zero-order chi connectivity index (χ0) is 24.1. The Balaban J connectivity index is 0.000000654. The zero-order valence-electron chi connectivity index (χ0n) is 17.2. The predicted octanol–water partition coefficient (Wildman–Crippen LogP) is -1.91. The van der Waals surface area contributed by atoms with Crippen LogP contribution in [0.2, 0.25) is 0 Å². The predicted molar refractivity (Wildman–Crippen MR) is 101 cm³/mol. The third kappa shape index (κ3) is 6.13. The topological polar surface area (TPSA) is 187 Å². The van der Waals surface area contributed by atoms with Crippen molar-refractivity contribution in [2.24, 2.45) is 0 Å². The van der Waals surface area contributed by atoms with Crippen molar-refractivity contribution in [2.75, 3.05) is 0 Å². The third-order valence-corrected chi connectivity index (χ3v) is 4.52. The normalized spacial score (nSPS) is 10.9. The van der Waals surface area contributed by atoms with Gasteiger partial charge in [-0.25, -0.2) is 33.2 Å². The Kier molecular flexibility index (Phi) is 8.08. The number of benzene rings is 2. The van der Waals surface area contributed by atoms with E-state index in [-0.39, 0.29) is 16.9 Å².